The van der Waals surface area contributed by atoms with Gasteiger partial charge in [-0.05, 0) is 57.5 Å². The van der Waals surface area contributed by atoms with Gasteiger partial charge in [-0.1, -0.05) is 12.5 Å². The highest BCUT2D eigenvalue weighted by Crippen LogP contribution is 2.30. The van der Waals surface area contributed by atoms with Gasteiger partial charge in [-0.25, -0.2) is 4.98 Å². The zero-order valence-electron chi connectivity index (χ0n) is 11.4. The van der Waals surface area contributed by atoms with Gasteiger partial charge in [-0.3, -0.25) is 4.90 Å². The van der Waals surface area contributed by atoms with E-state index in [-0.39, 0.29) is 0 Å². The second-order valence-electron chi connectivity index (χ2n) is 5.50. The minimum Gasteiger partial charge on any atom is -0.302 e. The Balaban J connectivity index is 1.55. The Bertz CT molecular complexity index is 378. The zero-order valence-corrected chi connectivity index (χ0v) is 12.2. The van der Waals surface area contributed by atoms with Crippen LogP contribution in [0.4, 0.5) is 0 Å². The number of aromatic nitrogens is 1. The van der Waals surface area contributed by atoms with Gasteiger partial charge >= 0.3 is 0 Å². The van der Waals surface area contributed by atoms with Crippen LogP contribution in [0.5, 0.6) is 0 Å². The largest absolute Gasteiger partial charge is 0.302 e. The minimum atomic E-state index is 0.593. The molecule has 4 heteroatoms. The van der Waals surface area contributed by atoms with Crippen molar-refractivity contribution in [3.8, 4) is 0 Å². The molecule has 2 aliphatic heterocycles. The Morgan fingerprint density at radius 1 is 1.21 bits per heavy atom. The van der Waals surface area contributed by atoms with E-state index in [1.54, 1.807) is 0 Å². The van der Waals surface area contributed by atoms with E-state index < -0.39 is 0 Å². The summed E-state index contributed by atoms with van der Waals surface area (Å²) in [4.78, 5) is 7.09. The average molecular weight is 277 g/mol. The highest BCUT2D eigenvalue weighted by Gasteiger charge is 2.27. The first kappa shape index (κ1) is 13.4. The van der Waals surface area contributed by atoms with E-state index in [1.165, 1.54) is 50.2 Å². The number of pyridine rings is 1. The molecule has 2 unspecified atom stereocenters. The molecule has 0 amide bonds. The molecule has 0 radical (unpaired) electrons. The Kier molecular flexibility index (Phi) is 4.75. The molecule has 104 valence electrons. The lowest BCUT2D eigenvalue weighted by molar-refractivity contribution is 0.116. The summed E-state index contributed by atoms with van der Waals surface area (Å²) in [5, 5.41) is 5.58. The van der Waals surface area contributed by atoms with Crippen molar-refractivity contribution in [1.29, 1.82) is 0 Å². The third-order valence-corrected chi connectivity index (χ3v) is 5.33. The van der Waals surface area contributed by atoms with Crippen LogP contribution in [0.25, 0.3) is 0 Å². The van der Waals surface area contributed by atoms with Crippen molar-refractivity contribution in [1.82, 2.24) is 15.2 Å². The fourth-order valence-electron chi connectivity index (χ4n) is 3.06. The summed E-state index contributed by atoms with van der Waals surface area (Å²) in [6.45, 7) is 3.70. The summed E-state index contributed by atoms with van der Waals surface area (Å²) < 4.78 is 0. The van der Waals surface area contributed by atoms with E-state index in [2.05, 4.69) is 27.3 Å². The van der Waals surface area contributed by atoms with E-state index in [4.69, 9.17) is 0 Å². The van der Waals surface area contributed by atoms with Gasteiger partial charge in [0.2, 0.25) is 0 Å². The molecule has 3 rings (SSSR count). The lowest BCUT2D eigenvalue weighted by atomic mass is 10.1. The molecule has 0 bridgehead atoms. The molecule has 1 aromatic rings. The van der Waals surface area contributed by atoms with Gasteiger partial charge in [0.05, 0.1) is 11.2 Å². The zero-order chi connectivity index (χ0) is 12.9. The number of hydrogen-bond donors (Lipinski definition) is 1. The first-order valence-electron chi connectivity index (χ1n) is 7.47. The first-order valence-corrected chi connectivity index (χ1v) is 8.35. The van der Waals surface area contributed by atoms with Gasteiger partial charge in [0.1, 0.15) is 0 Å². The summed E-state index contributed by atoms with van der Waals surface area (Å²) in [5.41, 5.74) is 0. The van der Waals surface area contributed by atoms with Crippen molar-refractivity contribution in [2.24, 2.45) is 0 Å². The van der Waals surface area contributed by atoms with Crippen molar-refractivity contribution in [2.75, 3.05) is 19.6 Å². The smallest absolute Gasteiger partial charge is 0.0962 e. The van der Waals surface area contributed by atoms with Gasteiger partial charge in [-0.15, -0.1) is 11.8 Å². The topological polar surface area (TPSA) is 28.2 Å². The molecule has 0 aromatic carbocycles. The highest BCUT2D eigenvalue weighted by molar-refractivity contribution is 7.99. The number of thioether (sulfide) groups is 1. The summed E-state index contributed by atoms with van der Waals surface area (Å²) >= 11 is 1.95. The van der Waals surface area contributed by atoms with Gasteiger partial charge in [0.25, 0.3) is 0 Å². The van der Waals surface area contributed by atoms with Crippen LogP contribution in [0.1, 0.15) is 32.1 Å². The van der Waals surface area contributed by atoms with Gasteiger partial charge in [0.15, 0.2) is 0 Å². The summed E-state index contributed by atoms with van der Waals surface area (Å²) in [5.74, 6) is 0. The maximum atomic E-state index is 4.44. The second kappa shape index (κ2) is 6.73. The lowest BCUT2D eigenvalue weighted by Crippen LogP contribution is -2.52. The number of piperidine rings is 2. The number of hydrogen-bond acceptors (Lipinski definition) is 4. The molecular formula is C15H23N3S. The molecule has 0 spiro atoms. The van der Waals surface area contributed by atoms with Crippen molar-refractivity contribution in [2.45, 2.75) is 48.5 Å². The maximum absolute atomic E-state index is 4.44. The molecule has 2 fully saturated rings. The van der Waals surface area contributed by atoms with Crippen LogP contribution in [-0.4, -0.2) is 40.9 Å². The summed E-state index contributed by atoms with van der Waals surface area (Å²) in [6, 6.07) is 6.20. The summed E-state index contributed by atoms with van der Waals surface area (Å²) in [7, 11) is 0. The average Bonchev–Trinajstić information content (AvgIpc) is 2.49. The normalized spacial score (nSPS) is 29.3. The predicted molar refractivity (Wildman–Crippen MR) is 80.3 cm³/mol. The van der Waals surface area contributed by atoms with Gasteiger partial charge in [0, 0.05) is 11.4 Å². The Labute approximate surface area is 120 Å². The van der Waals surface area contributed by atoms with E-state index in [0.29, 0.717) is 11.4 Å². The molecular weight excluding hydrogens is 254 g/mol. The standard InChI is InChI=1S/C15H23N3S/c1-4-10-18(11-5-1)14-12-13(7-9-16-14)19-15-6-2-3-8-17-15/h2-3,6,8,13-14,16H,1,4-5,7,9-12H2. The number of nitrogens with zero attached hydrogens (tertiary/aromatic N) is 2. The fourth-order valence-corrected chi connectivity index (χ4v) is 4.20. The highest BCUT2D eigenvalue weighted by atomic mass is 32.2. The lowest BCUT2D eigenvalue weighted by Gasteiger charge is -2.39. The molecule has 3 nitrogen and oxygen atoms in total. The third kappa shape index (κ3) is 3.71. The predicted octanol–water partition coefficient (Wildman–Crippen LogP) is 2.74. The first-order chi connectivity index (χ1) is 9.42. The maximum Gasteiger partial charge on any atom is 0.0962 e. The SMILES string of the molecule is c1ccc(SC2CCNC(N3CCCCC3)C2)nc1. The molecule has 2 saturated heterocycles. The summed E-state index contributed by atoms with van der Waals surface area (Å²) in [6.07, 6.45) is 9.15. The molecule has 0 saturated carbocycles. The molecule has 2 atom stereocenters. The third-order valence-electron chi connectivity index (χ3n) is 4.09. The van der Waals surface area contributed by atoms with Crippen LogP contribution in [0, 0.1) is 0 Å². The van der Waals surface area contributed by atoms with Gasteiger partial charge < -0.3 is 5.32 Å². The molecule has 19 heavy (non-hydrogen) atoms. The van der Waals surface area contributed by atoms with E-state index in [9.17, 15) is 0 Å². The van der Waals surface area contributed by atoms with Crippen molar-refractivity contribution in [3.63, 3.8) is 0 Å². The van der Waals surface area contributed by atoms with Crippen molar-refractivity contribution in [3.05, 3.63) is 24.4 Å². The van der Waals surface area contributed by atoms with E-state index in [1.807, 2.05) is 24.0 Å². The van der Waals surface area contributed by atoms with Crippen LogP contribution < -0.4 is 5.32 Å². The Hall–Kier alpha value is -0.580. The Morgan fingerprint density at radius 3 is 2.89 bits per heavy atom. The van der Waals surface area contributed by atoms with E-state index in [0.717, 1.165) is 6.54 Å². The van der Waals surface area contributed by atoms with Crippen LogP contribution in [0.2, 0.25) is 0 Å². The fraction of sp³-hybridized carbons (Fsp3) is 0.667. The quantitative estimate of drug-likeness (QED) is 0.919. The van der Waals surface area contributed by atoms with Gasteiger partial charge in [-0.2, -0.15) is 0 Å². The van der Waals surface area contributed by atoms with Crippen LogP contribution in [0.15, 0.2) is 29.4 Å². The number of likely N-dealkylation sites (tertiary alicyclic amines) is 1. The van der Waals surface area contributed by atoms with Crippen molar-refractivity contribution >= 4 is 11.8 Å². The molecule has 1 aromatic heterocycles. The van der Waals surface area contributed by atoms with Crippen LogP contribution >= 0.6 is 11.8 Å². The number of rotatable bonds is 3. The molecule has 3 heterocycles. The molecule has 1 N–H and O–H groups in total. The minimum absolute atomic E-state index is 0.593. The van der Waals surface area contributed by atoms with Crippen LogP contribution in [-0.2, 0) is 0 Å². The van der Waals surface area contributed by atoms with Crippen molar-refractivity contribution < 1.29 is 0 Å². The van der Waals surface area contributed by atoms with Crippen LogP contribution in [0.3, 0.4) is 0 Å². The monoisotopic (exact) mass is 277 g/mol. The molecule has 2 aliphatic rings. The Morgan fingerprint density at radius 2 is 2.11 bits per heavy atom. The number of nitrogens with one attached hydrogen (secondary N) is 1. The second-order valence-corrected chi connectivity index (χ2v) is 6.82. The molecule has 0 aliphatic carbocycles. The van der Waals surface area contributed by atoms with E-state index >= 15 is 0 Å².